The Morgan fingerprint density at radius 1 is 0.314 bits per heavy atom. The molecule has 11 rings (SSSR count). The number of hydrogen-bond acceptors (Lipinski definition) is 1. The van der Waals surface area contributed by atoms with E-state index in [0.29, 0.717) is 0 Å². The van der Waals surface area contributed by atoms with Gasteiger partial charge in [-0.2, -0.15) is 0 Å². The van der Waals surface area contributed by atoms with Gasteiger partial charge in [0.2, 0.25) is 0 Å². The van der Waals surface area contributed by atoms with Crippen molar-refractivity contribution in [2.24, 2.45) is 0 Å². The van der Waals surface area contributed by atoms with Crippen LogP contribution >= 0.6 is 0 Å². The standard InChI is InChI=1S/C47H30N4/c1-4-13-33(14-5-1)49-39-20-11-10-19-36(39)45-41(49)26-27-42-46(45)37-24-22-32(30-44(37)51(42)35-17-8-3-9-18-35)31-23-25-40-38(29-31)47-43(21-12-28-48-47)50(40)34-15-6-2-7-16-34/h1-30H. The fourth-order valence-corrected chi connectivity index (χ4v) is 8.33. The average Bonchev–Trinajstić information content (AvgIpc) is 3.84. The van der Waals surface area contributed by atoms with Crippen LogP contribution in [0.25, 0.3) is 93.7 Å². The molecule has 11 aromatic rings. The summed E-state index contributed by atoms with van der Waals surface area (Å²) in [6.45, 7) is 0. The van der Waals surface area contributed by atoms with Crippen LogP contribution in [-0.2, 0) is 0 Å². The largest absolute Gasteiger partial charge is 0.309 e. The maximum atomic E-state index is 4.87. The Morgan fingerprint density at radius 3 is 1.45 bits per heavy atom. The van der Waals surface area contributed by atoms with Crippen LogP contribution in [0.1, 0.15) is 0 Å². The molecule has 0 N–H and O–H groups in total. The number of fused-ring (bicyclic) bond motifs is 10. The molecule has 4 aromatic heterocycles. The van der Waals surface area contributed by atoms with Crippen molar-refractivity contribution in [3.63, 3.8) is 0 Å². The number of nitrogens with zero attached hydrogens (tertiary/aromatic N) is 4. The summed E-state index contributed by atoms with van der Waals surface area (Å²) in [4.78, 5) is 4.87. The fourth-order valence-electron chi connectivity index (χ4n) is 8.33. The molecule has 4 heterocycles. The topological polar surface area (TPSA) is 27.7 Å². The highest BCUT2D eigenvalue weighted by Gasteiger charge is 2.21. The van der Waals surface area contributed by atoms with Crippen molar-refractivity contribution in [2.45, 2.75) is 0 Å². The van der Waals surface area contributed by atoms with Crippen LogP contribution in [-0.4, -0.2) is 18.7 Å². The third kappa shape index (κ3) is 4.05. The molecule has 0 bridgehead atoms. The van der Waals surface area contributed by atoms with E-state index >= 15 is 0 Å². The Balaban J connectivity index is 1.20. The minimum absolute atomic E-state index is 1.01. The average molecular weight is 651 g/mol. The van der Waals surface area contributed by atoms with Crippen molar-refractivity contribution in [2.75, 3.05) is 0 Å². The molecule has 0 saturated heterocycles. The van der Waals surface area contributed by atoms with Crippen molar-refractivity contribution in [1.29, 1.82) is 0 Å². The van der Waals surface area contributed by atoms with Gasteiger partial charge in [0.25, 0.3) is 0 Å². The van der Waals surface area contributed by atoms with Gasteiger partial charge in [-0.3, -0.25) is 4.98 Å². The smallest absolute Gasteiger partial charge is 0.0963 e. The predicted octanol–water partition coefficient (Wildman–Crippen LogP) is 12.0. The van der Waals surface area contributed by atoms with Gasteiger partial charge in [-0.25, -0.2) is 0 Å². The van der Waals surface area contributed by atoms with Crippen LogP contribution in [0.2, 0.25) is 0 Å². The lowest BCUT2D eigenvalue weighted by molar-refractivity contribution is 1.17. The molecule has 0 saturated carbocycles. The lowest BCUT2D eigenvalue weighted by atomic mass is 10.0. The highest BCUT2D eigenvalue weighted by atomic mass is 15.0. The second kappa shape index (κ2) is 10.8. The number of benzene rings is 7. The lowest BCUT2D eigenvalue weighted by Gasteiger charge is -2.10. The molecule has 238 valence electrons. The third-order valence-electron chi connectivity index (χ3n) is 10.5. The van der Waals surface area contributed by atoms with Crippen molar-refractivity contribution in [1.82, 2.24) is 18.7 Å². The summed E-state index contributed by atoms with van der Waals surface area (Å²) < 4.78 is 7.15. The fraction of sp³-hybridized carbons (Fsp3) is 0. The van der Waals surface area contributed by atoms with Crippen LogP contribution in [0.15, 0.2) is 182 Å². The SMILES string of the molecule is c1ccc(-n2c3ccc(-c4ccc5c6c7c8ccccc8n(-c8ccccc8)c7ccc6n(-c6ccccc6)c5c4)cc3c3ncccc32)cc1. The monoisotopic (exact) mass is 650 g/mol. The van der Waals surface area contributed by atoms with Crippen molar-refractivity contribution >= 4 is 65.5 Å². The molecule has 0 atom stereocenters. The summed E-state index contributed by atoms with van der Waals surface area (Å²) in [6.07, 6.45) is 1.89. The first-order chi connectivity index (χ1) is 25.3. The van der Waals surface area contributed by atoms with Crippen LogP contribution < -0.4 is 0 Å². The Kier molecular flexibility index (Phi) is 5.92. The Hall–Kier alpha value is -6.91. The number of para-hydroxylation sites is 4. The lowest BCUT2D eigenvalue weighted by Crippen LogP contribution is -1.94. The number of hydrogen-bond donors (Lipinski definition) is 0. The predicted molar refractivity (Wildman–Crippen MR) is 213 cm³/mol. The first-order valence-corrected chi connectivity index (χ1v) is 17.4. The van der Waals surface area contributed by atoms with E-state index in [2.05, 4.69) is 184 Å². The van der Waals surface area contributed by atoms with Gasteiger partial charge in [0, 0.05) is 50.2 Å². The molecule has 4 nitrogen and oxygen atoms in total. The zero-order valence-electron chi connectivity index (χ0n) is 27.6. The third-order valence-corrected chi connectivity index (χ3v) is 10.5. The van der Waals surface area contributed by atoms with Gasteiger partial charge in [-0.1, -0.05) is 91.0 Å². The molecular formula is C47H30N4. The second-order valence-corrected chi connectivity index (χ2v) is 13.2. The van der Waals surface area contributed by atoms with E-state index in [-0.39, 0.29) is 0 Å². The quantitative estimate of drug-likeness (QED) is 0.186. The minimum Gasteiger partial charge on any atom is -0.309 e. The Morgan fingerprint density at radius 2 is 0.784 bits per heavy atom. The van der Waals surface area contributed by atoms with Crippen LogP contribution in [0.4, 0.5) is 0 Å². The zero-order chi connectivity index (χ0) is 33.5. The molecule has 51 heavy (non-hydrogen) atoms. The molecular weight excluding hydrogens is 621 g/mol. The molecule has 0 spiro atoms. The molecule has 0 fully saturated rings. The van der Waals surface area contributed by atoms with E-state index in [4.69, 9.17) is 4.98 Å². The molecule has 0 amide bonds. The molecule has 7 aromatic carbocycles. The summed E-state index contributed by atoms with van der Waals surface area (Å²) >= 11 is 0. The summed E-state index contributed by atoms with van der Waals surface area (Å²) in [7, 11) is 0. The maximum absolute atomic E-state index is 4.87. The van der Waals surface area contributed by atoms with Gasteiger partial charge in [0.1, 0.15) is 0 Å². The maximum Gasteiger partial charge on any atom is 0.0963 e. The van der Waals surface area contributed by atoms with Crippen LogP contribution in [0.3, 0.4) is 0 Å². The number of aromatic nitrogens is 4. The highest BCUT2D eigenvalue weighted by Crippen LogP contribution is 2.43. The van der Waals surface area contributed by atoms with Crippen LogP contribution in [0, 0.1) is 0 Å². The van der Waals surface area contributed by atoms with E-state index in [1.807, 2.05) is 12.3 Å². The first-order valence-electron chi connectivity index (χ1n) is 17.4. The molecule has 0 aliphatic heterocycles. The second-order valence-electron chi connectivity index (χ2n) is 13.2. The number of rotatable bonds is 4. The van der Waals surface area contributed by atoms with Crippen LogP contribution in [0.5, 0.6) is 0 Å². The van der Waals surface area contributed by atoms with Crippen molar-refractivity contribution < 1.29 is 0 Å². The first kappa shape index (κ1) is 28.0. The summed E-state index contributed by atoms with van der Waals surface area (Å²) in [5.41, 5.74) is 13.8. The van der Waals surface area contributed by atoms with E-state index in [1.54, 1.807) is 0 Å². The minimum atomic E-state index is 1.01. The summed E-state index contributed by atoms with van der Waals surface area (Å²) in [5.74, 6) is 0. The van der Waals surface area contributed by atoms with E-state index in [1.165, 1.54) is 49.2 Å². The van der Waals surface area contributed by atoms with E-state index in [0.717, 1.165) is 44.6 Å². The van der Waals surface area contributed by atoms with E-state index < -0.39 is 0 Å². The van der Waals surface area contributed by atoms with Gasteiger partial charge in [0.05, 0.1) is 38.6 Å². The van der Waals surface area contributed by atoms with Crippen molar-refractivity contribution in [3.05, 3.63) is 182 Å². The molecule has 0 radical (unpaired) electrons. The van der Waals surface area contributed by atoms with Gasteiger partial charge in [0.15, 0.2) is 0 Å². The van der Waals surface area contributed by atoms with Crippen molar-refractivity contribution in [3.8, 4) is 28.2 Å². The Labute approximate surface area is 293 Å². The summed E-state index contributed by atoms with van der Waals surface area (Å²) in [6, 6.07) is 63.4. The van der Waals surface area contributed by atoms with Gasteiger partial charge < -0.3 is 13.7 Å². The highest BCUT2D eigenvalue weighted by molar-refractivity contribution is 6.29. The van der Waals surface area contributed by atoms with E-state index in [9.17, 15) is 0 Å². The summed E-state index contributed by atoms with van der Waals surface area (Å²) in [5, 5.41) is 6.19. The molecule has 0 aliphatic carbocycles. The number of pyridine rings is 1. The van der Waals surface area contributed by atoms with Gasteiger partial charge in [-0.05, 0) is 96.1 Å². The Bertz CT molecular complexity index is 3110. The van der Waals surface area contributed by atoms with Gasteiger partial charge >= 0.3 is 0 Å². The van der Waals surface area contributed by atoms with Gasteiger partial charge in [-0.15, -0.1) is 0 Å². The normalized spacial score (nSPS) is 11.9. The zero-order valence-corrected chi connectivity index (χ0v) is 27.6. The molecule has 0 unspecified atom stereocenters. The molecule has 0 aliphatic rings. The molecule has 4 heteroatoms.